The Hall–Kier alpha value is -2.39. The molecule has 0 radical (unpaired) electrons. The molecule has 3 aromatic rings. The number of carbonyl (C=O) groups is 1. The summed E-state index contributed by atoms with van der Waals surface area (Å²) in [6.45, 7) is 2.12. The van der Waals surface area contributed by atoms with Gasteiger partial charge in [-0.3, -0.25) is 9.78 Å². The van der Waals surface area contributed by atoms with Gasteiger partial charge in [0.25, 0.3) is 0 Å². The molecule has 4 rings (SSSR count). The molecule has 150 valence electrons. The summed E-state index contributed by atoms with van der Waals surface area (Å²) in [5, 5.41) is 5.03. The van der Waals surface area contributed by atoms with E-state index in [1.807, 2.05) is 36.5 Å². The maximum absolute atomic E-state index is 12.9. The van der Waals surface area contributed by atoms with E-state index in [1.54, 1.807) is 0 Å². The largest absolute Gasteiger partial charge is 0.326 e. The van der Waals surface area contributed by atoms with Crippen LogP contribution in [0.25, 0.3) is 10.9 Å². The lowest BCUT2D eigenvalue weighted by molar-refractivity contribution is -0.122. The van der Waals surface area contributed by atoms with Crippen molar-refractivity contribution < 1.29 is 4.79 Å². The Kier molecular flexibility index (Phi) is 6.15. The summed E-state index contributed by atoms with van der Waals surface area (Å²) >= 11 is 5.94. The van der Waals surface area contributed by atoms with Crippen LogP contribution in [-0.4, -0.2) is 10.9 Å². The monoisotopic (exact) mass is 406 g/mol. The number of pyridine rings is 1. The Morgan fingerprint density at radius 3 is 2.52 bits per heavy atom. The van der Waals surface area contributed by atoms with Gasteiger partial charge in [0.2, 0.25) is 5.91 Å². The van der Waals surface area contributed by atoms with Crippen molar-refractivity contribution in [2.45, 2.75) is 44.9 Å². The fraction of sp³-hybridized carbons (Fsp3) is 0.360. The van der Waals surface area contributed by atoms with Crippen LogP contribution in [0.2, 0.25) is 5.02 Å². The maximum atomic E-state index is 12.9. The zero-order valence-corrected chi connectivity index (χ0v) is 17.5. The van der Waals surface area contributed by atoms with Gasteiger partial charge in [0.05, 0.1) is 5.52 Å². The molecule has 1 saturated carbocycles. The maximum Gasteiger partial charge on any atom is 0.227 e. The average Bonchev–Trinajstić information content (AvgIpc) is 2.76. The molecule has 29 heavy (non-hydrogen) atoms. The van der Waals surface area contributed by atoms with Crippen LogP contribution in [0.1, 0.15) is 50.5 Å². The summed E-state index contributed by atoms with van der Waals surface area (Å²) < 4.78 is 0. The number of halogens is 1. The molecule has 1 fully saturated rings. The first-order valence-electron chi connectivity index (χ1n) is 10.6. The fourth-order valence-electron chi connectivity index (χ4n) is 4.81. The zero-order chi connectivity index (χ0) is 20.2. The van der Waals surface area contributed by atoms with Gasteiger partial charge >= 0.3 is 0 Å². The van der Waals surface area contributed by atoms with Gasteiger partial charge in [-0.1, -0.05) is 36.7 Å². The molecule has 2 aromatic carbocycles. The molecule has 0 saturated heterocycles. The summed E-state index contributed by atoms with van der Waals surface area (Å²) in [6.07, 6.45) is 7.24. The standard InChI is InChI=1S/C25H27ClN2O/c1-2-21(25(29)28-20-13-11-19(26)12-14-20)17-7-9-18(10-8-17)22-15-16-27-24-6-4-3-5-23(22)24/h3-6,11-18,21H,2,7-10H2,1H3,(H,28,29)/t17-,18-,21-/m0/s1. The summed E-state index contributed by atoms with van der Waals surface area (Å²) in [6, 6.07) is 17.9. The molecule has 1 aliphatic carbocycles. The van der Waals surface area contributed by atoms with Crippen molar-refractivity contribution in [3.8, 4) is 0 Å². The van der Waals surface area contributed by atoms with E-state index < -0.39 is 0 Å². The van der Waals surface area contributed by atoms with Gasteiger partial charge in [-0.05, 0) is 85.9 Å². The lowest BCUT2D eigenvalue weighted by atomic mass is 9.72. The van der Waals surface area contributed by atoms with Gasteiger partial charge in [-0.2, -0.15) is 0 Å². The lowest BCUT2D eigenvalue weighted by Crippen LogP contribution is -2.31. The molecular weight excluding hydrogens is 380 g/mol. The van der Waals surface area contributed by atoms with E-state index in [4.69, 9.17) is 11.6 Å². The van der Waals surface area contributed by atoms with Crippen LogP contribution in [0.5, 0.6) is 0 Å². The highest BCUT2D eigenvalue weighted by molar-refractivity contribution is 6.30. The molecule has 0 spiro atoms. The number of carbonyl (C=O) groups excluding carboxylic acids is 1. The van der Waals surface area contributed by atoms with Crippen LogP contribution in [0, 0.1) is 11.8 Å². The number of hydrogen-bond donors (Lipinski definition) is 1. The molecule has 1 N–H and O–H groups in total. The first-order chi connectivity index (χ1) is 14.2. The molecule has 1 aliphatic rings. The molecule has 4 heteroatoms. The third kappa shape index (κ3) is 4.45. The molecule has 0 bridgehead atoms. The van der Waals surface area contributed by atoms with Crippen molar-refractivity contribution in [1.29, 1.82) is 0 Å². The smallest absolute Gasteiger partial charge is 0.227 e. The van der Waals surface area contributed by atoms with Gasteiger partial charge in [0.1, 0.15) is 0 Å². The Balaban J connectivity index is 1.42. The molecule has 0 aliphatic heterocycles. The van der Waals surface area contributed by atoms with Gasteiger partial charge in [-0.15, -0.1) is 0 Å². The first kappa shape index (κ1) is 19.9. The van der Waals surface area contributed by atoms with E-state index in [-0.39, 0.29) is 11.8 Å². The van der Waals surface area contributed by atoms with Gasteiger partial charge in [-0.25, -0.2) is 0 Å². The number of hydrogen-bond acceptors (Lipinski definition) is 2. The van der Waals surface area contributed by atoms with Crippen LogP contribution in [0.15, 0.2) is 60.8 Å². The van der Waals surface area contributed by atoms with E-state index in [0.29, 0.717) is 16.9 Å². The topological polar surface area (TPSA) is 42.0 Å². The summed E-state index contributed by atoms with van der Waals surface area (Å²) in [5.74, 6) is 1.18. The van der Waals surface area contributed by atoms with Crippen molar-refractivity contribution in [2.75, 3.05) is 5.32 Å². The molecule has 3 nitrogen and oxygen atoms in total. The molecule has 0 unspecified atom stereocenters. The highest BCUT2D eigenvalue weighted by Gasteiger charge is 2.32. The fourth-order valence-corrected chi connectivity index (χ4v) is 4.93. The minimum atomic E-state index is 0.0563. The van der Waals surface area contributed by atoms with Crippen molar-refractivity contribution >= 4 is 34.1 Å². The first-order valence-corrected chi connectivity index (χ1v) is 10.9. The third-order valence-electron chi connectivity index (χ3n) is 6.35. The second-order valence-electron chi connectivity index (χ2n) is 8.04. The lowest BCUT2D eigenvalue weighted by Gasteiger charge is -2.33. The summed E-state index contributed by atoms with van der Waals surface area (Å²) in [5.41, 5.74) is 3.29. The quantitative estimate of drug-likeness (QED) is 0.504. The van der Waals surface area contributed by atoms with Crippen molar-refractivity contribution in [1.82, 2.24) is 4.98 Å². The normalized spacial score (nSPS) is 20.3. The zero-order valence-electron chi connectivity index (χ0n) is 16.8. The van der Waals surface area contributed by atoms with Crippen LogP contribution < -0.4 is 5.32 Å². The number of amides is 1. The third-order valence-corrected chi connectivity index (χ3v) is 6.60. The molecule has 1 heterocycles. The Morgan fingerprint density at radius 1 is 1.07 bits per heavy atom. The van der Waals surface area contributed by atoms with E-state index in [2.05, 4.69) is 41.5 Å². The molecule has 1 aromatic heterocycles. The van der Waals surface area contributed by atoms with Gasteiger partial charge in [0, 0.05) is 28.2 Å². The number of rotatable bonds is 5. The number of anilines is 1. The van der Waals surface area contributed by atoms with Gasteiger partial charge < -0.3 is 5.32 Å². The van der Waals surface area contributed by atoms with Crippen LogP contribution in [0.4, 0.5) is 5.69 Å². The molecular formula is C25H27ClN2O. The predicted molar refractivity (Wildman–Crippen MR) is 120 cm³/mol. The Morgan fingerprint density at radius 2 is 1.79 bits per heavy atom. The Labute approximate surface area is 177 Å². The van der Waals surface area contributed by atoms with E-state index in [1.165, 1.54) is 10.9 Å². The number of nitrogens with zero attached hydrogens (tertiary/aromatic N) is 1. The minimum Gasteiger partial charge on any atom is -0.326 e. The predicted octanol–water partition coefficient (Wildman–Crippen LogP) is 6.83. The molecule has 1 atom stereocenters. The van der Waals surface area contributed by atoms with E-state index in [0.717, 1.165) is 43.3 Å². The van der Waals surface area contributed by atoms with Crippen LogP contribution >= 0.6 is 11.6 Å². The number of fused-ring (bicyclic) bond motifs is 1. The van der Waals surface area contributed by atoms with Crippen LogP contribution in [-0.2, 0) is 4.79 Å². The molecule has 1 amide bonds. The highest BCUT2D eigenvalue weighted by atomic mass is 35.5. The average molecular weight is 407 g/mol. The SMILES string of the molecule is CC[C@H](C(=O)Nc1ccc(Cl)cc1)[C@H]1CC[C@H](c2ccnc3ccccc32)CC1. The number of para-hydroxylation sites is 1. The van der Waals surface area contributed by atoms with Crippen molar-refractivity contribution in [3.63, 3.8) is 0 Å². The summed E-state index contributed by atoms with van der Waals surface area (Å²) in [4.78, 5) is 17.4. The van der Waals surface area contributed by atoms with Gasteiger partial charge in [0.15, 0.2) is 0 Å². The van der Waals surface area contributed by atoms with Crippen LogP contribution in [0.3, 0.4) is 0 Å². The number of benzene rings is 2. The van der Waals surface area contributed by atoms with E-state index in [9.17, 15) is 4.79 Å². The van der Waals surface area contributed by atoms with E-state index >= 15 is 0 Å². The van der Waals surface area contributed by atoms with Crippen molar-refractivity contribution in [2.24, 2.45) is 11.8 Å². The second kappa shape index (κ2) is 8.96. The van der Waals surface area contributed by atoms with Crippen molar-refractivity contribution in [3.05, 3.63) is 71.4 Å². The summed E-state index contributed by atoms with van der Waals surface area (Å²) in [7, 11) is 0. The Bertz CT molecular complexity index is 972. The number of aromatic nitrogens is 1. The highest BCUT2D eigenvalue weighted by Crippen LogP contribution is 2.41. The second-order valence-corrected chi connectivity index (χ2v) is 8.48. The number of nitrogens with one attached hydrogen (secondary N) is 1. The minimum absolute atomic E-state index is 0.0563.